The summed E-state index contributed by atoms with van der Waals surface area (Å²) in [6.45, 7) is 0. The normalized spacial score (nSPS) is 10.7. The van der Waals surface area contributed by atoms with E-state index in [2.05, 4.69) is 15.3 Å². The summed E-state index contributed by atoms with van der Waals surface area (Å²) in [4.78, 5) is 21.5. The molecule has 0 aliphatic heterocycles. The molecule has 0 bridgehead atoms. The fraction of sp³-hybridized carbons (Fsp3) is 0. The van der Waals surface area contributed by atoms with Gasteiger partial charge in [-0.15, -0.1) is 11.3 Å². The SMILES string of the molecule is O=C(Nc1cccc(-c2csc(-c3cccnc3)n2)c1)c1c(Cl)ccc(Cl)c1Cl. The smallest absolute Gasteiger partial charge is 0.258 e. The predicted octanol–water partition coefficient (Wildman–Crippen LogP) is 7.08. The van der Waals surface area contributed by atoms with E-state index >= 15 is 0 Å². The Morgan fingerprint density at radius 3 is 2.55 bits per heavy atom. The summed E-state index contributed by atoms with van der Waals surface area (Å²) in [5.74, 6) is -0.436. The summed E-state index contributed by atoms with van der Waals surface area (Å²) < 4.78 is 0. The molecule has 144 valence electrons. The van der Waals surface area contributed by atoms with E-state index in [0.717, 1.165) is 21.8 Å². The van der Waals surface area contributed by atoms with Crippen LogP contribution in [0.4, 0.5) is 5.69 Å². The van der Waals surface area contributed by atoms with Gasteiger partial charge in [0.1, 0.15) is 5.01 Å². The van der Waals surface area contributed by atoms with Crippen LogP contribution in [0.2, 0.25) is 15.1 Å². The first-order chi connectivity index (χ1) is 14.0. The lowest BCUT2D eigenvalue weighted by molar-refractivity contribution is 0.102. The molecule has 4 aromatic rings. The van der Waals surface area contributed by atoms with Crippen LogP contribution in [0.15, 0.2) is 66.3 Å². The summed E-state index contributed by atoms with van der Waals surface area (Å²) in [5, 5.41) is 6.27. The standard InChI is InChI=1S/C21H12Cl3N3OS/c22-15-6-7-16(23)19(24)18(15)20(28)26-14-5-1-3-12(9-14)17-11-29-21(27-17)13-4-2-8-25-10-13/h1-11H,(H,26,28). The lowest BCUT2D eigenvalue weighted by Gasteiger charge is -2.10. The van der Waals surface area contributed by atoms with Crippen molar-refractivity contribution in [3.8, 4) is 21.8 Å². The van der Waals surface area contributed by atoms with Gasteiger partial charge in [0.15, 0.2) is 0 Å². The van der Waals surface area contributed by atoms with E-state index in [-0.39, 0.29) is 20.6 Å². The quantitative estimate of drug-likeness (QED) is 0.331. The molecule has 2 aromatic heterocycles. The number of nitrogens with one attached hydrogen (secondary N) is 1. The molecule has 1 amide bonds. The second-order valence-electron chi connectivity index (χ2n) is 6.03. The number of aromatic nitrogens is 2. The van der Waals surface area contributed by atoms with Crippen LogP contribution in [0.25, 0.3) is 21.8 Å². The molecule has 4 nitrogen and oxygen atoms in total. The van der Waals surface area contributed by atoms with Gasteiger partial charge in [-0.25, -0.2) is 4.98 Å². The fourth-order valence-electron chi connectivity index (χ4n) is 2.71. The van der Waals surface area contributed by atoms with Crippen LogP contribution >= 0.6 is 46.1 Å². The van der Waals surface area contributed by atoms with Gasteiger partial charge >= 0.3 is 0 Å². The number of amides is 1. The molecule has 0 aliphatic rings. The van der Waals surface area contributed by atoms with Crippen LogP contribution in [0, 0.1) is 0 Å². The highest BCUT2D eigenvalue weighted by Crippen LogP contribution is 2.33. The average Bonchev–Trinajstić information content (AvgIpc) is 3.22. The Morgan fingerprint density at radius 1 is 0.966 bits per heavy atom. The number of halogens is 3. The highest BCUT2D eigenvalue weighted by Gasteiger charge is 2.18. The Balaban J connectivity index is 1.60. The molecule has 0 unspecified atom stereocenters. The second-order valence-corrected chi connectivity index (χ2v) is 8.08. The number of thiazole rings is 1. The van der Waals surface area contributed by atoms with Gasteiger partial charge in [0, 0.05) is 34.6 Å². The second kappa shape index (κ2) is 8.51. The summed E-state index contributed by atoms with van der Waals surface area (Å²) in [6, 6.07) is 14.3. The first kappa shape index (κ1) is 19.9. The lowest BCUT2D eigenvalue weighted by atomic mass is 10.1. The van der Waals surface area contributed by atoms with Crippen molar-refractivity contribution in [3.05, 3.63) is 86.9 Å². The molecule has 0 saturated heterocycles. The average molecular weight is 461 g/mol. The third kappa shape index (κ3) is 4.28. The van der Waals surface area contributed by atoms with E-state index in [1.807, 2.05) is 35.7 Å². The van der Waals surface area contributed by atoms with Gasteiger partial charge in [-0.3, -0.25) is 9.78 Å². The van der Waals surface area contributed by atoms with Gasteiger partial charge < -0.3 is 5.32 Å². The van der Waals surface area contributed by atoms with Crippen molar-refractivity contribution in [2.24, 2.45) is 0 Å². The Morgan fingerprint density at radius 2 is 1.76 bits per heavy atom. The van der Waals surface area contributed by atoms with Crippen molar-refractivity contribution in [2.75, 3.05) is 5.32 Å². The molecule has 4 rings (SSSR count). The number of carbonyl (C=O) groups excluding carboxylic acids is 1. The van der Waals surface area contributed by atoms with Crippen molar-refractivity contribution in [3.63, 3.8) is 0 Å². The molecular formula is C21H12Cl3N3OS. The number of anilines is 1. The highest BCUT2D eigenvalue weighted by molar-refractivity contribution is 7.13. The number of carbonyl (C=O) groups is 1. The molecule has 8 heteroatoms. The largest absolute Gasteiger partial charge is 0.322 e. The van der Waals surface area contributed by atoms with Gasteiger partial charge in [-0.2, -0.15) is 0 Å². The highest BCUT2D eigenvalue weighted by atomic mass is 35.5. The molecule has 0 spiro atoms. The van der Waals surface area contributed by atoms with E-state index in [9.17, 15) is 4.79 Å². The molecule has 0 fully saturated rings. The van der Waals surface area contributed by atoms with Crippen LogP contribution in [-0.2, 0) is 0 Å². The van der Waals surface area contributed by atoms with E-state index in [1.165, 1.54) is 17.4 Å². The molecule has 2 heterocycles. The fourth-order valence-corrected chi connectivity index (χ4v) is 4.23. The maximum atomic E-state index is 12.7. The summed E-state index contributed by atoms with van der Waals surface area (Å²) >= 11 is 19.8. The van der Waals surface area contributed by atoms with E-state index in [0.29, 0.717) is 5.69 Å². The minimum absolute atomic E-state index is 0.119. The Bertz CT molecular complexity index is 1200. The molecule has 0 atom stereocenters. The first-order valence-corrected chi connectivity index (χ1v) is 10.5. The molecule has 2 aromatic carbocycles. The molecule has 0 saturated carbocycles. The minimum Gasteiger partial charge on any atom is -0.322 e. The number of hydrogen-bond donors (Lipinski definition) is 1. The number of nitrogens with zero attached hydrogens (tertiary/aromatic N) is 2. The monoisotopic (exact) mass is 459 g/mol. The maximum absolute atomic E-state index is 12.7. The van der Waals surface area contributed by atoms with Gasteiger partial charge in [0.25, 0.3) is 5.91 Å². The van der Waals surface area contributed by atoms with Crippen molar-refractivity contribution in [2.45, 2.75) is 0 Å². The summed E-state index contributed by atoms with van der Waals surface area (Å²) in [6.07, 6.45) is 3.50. The summed E-state index contributed by atoms with van der Waals surface area (Å²) in [5.41, 5.74) is 3.37. The van der Waals surface area contributed by atoms with E-state index in [4.69, 9.17) is 34.8 Å². The van der Waals surface area contributed by atoms with Gasteiger partial charge in [0.05, 0.1) is 26.3 Å². The third-order valence-electron chi connectivity index (χ3n) is 4.10. The summed E-state index contributed by atoms with van der Waals surface area (Å²) in [7, 11) is 0. The number of hydrogen-bond acceptors (Lipinski definition) is 4. The van der Waals surface area contributed by atoms with Crippen LogP contribution in [0.5, 0.6) is 0 Å². The minimum atomic E-state index is -0.436. The Labute approximate surface area is 186 Å². The van der Waals surface area contributed by atoms with E-state index in [1.54, 1.807) is 24.5 Å². The molecule has 1 N–H and O–H groups in total. The van der Waals surface area contributed by atoms with Gasteiger partial charge in [-0.05, 0) is 36.4 Å². The predicted molar refractivity (Wildman–Crippen MR) is 120 cm³/mol. The number of rotatable bonds is 4. The van der Waals surface area contributed by atoms with Crippen molar-refractivity contribution < 1.29 is 4.79 Å². The zero-order chi connectivity index (χ0) is 20.4. The topological polar surface area (TPSA) is 54.9 Å². The zero-order valence-corrected chi connectivity index (χ0v) is 17.8. The van der Waals surface area contributed by atoms with Gasteiger partial charge in [0.2, 0.25) is 0 Å². The van der Waals surface area contributed by atoms with Crippen molar-refractivity contribution >= 4 is 57.7 Å². The van der Waals surface area contributed by atoms with Crippen LogP contribution in [0.1, 0.15) is 10.4 Å². The van der Waals surface area contributed by atoms with E-state index < -0.39 is 5.91 Å². The van der Waals surface area contributed by atoms with Crippen LogP contribution in [-0.4, -0.2) is 15.9 Å². The van der Waals surface area contributed by atoms with Crippen LogP contribution < -0.4 is 5.32 Å². The molecule has 29 heavy (non-hydrogen) atoms. The van der Waals surface area contributed by atoms with Crippen LogP contribution in [0.3, 0.4) is 0 Å². The number of benzene rings is 2. The zero-order valence-electron chi connectivity index (χ0n) is 14.7. The molecule has 0 radical (unpaired) electrons. The first-order valence-electron chi connectivity index (χ1n) is 8.44. The Kier molecular flexibility index (Phi) is 5.83. The number of pyridine rings is 1. The third-order valence-corrected chi connectivity index (χ3v) is 6.11. The maximum Gasteiger partial charge on any atom is 0.258 e. The van der Waals surface area contributed by atoms with Gasteiger partial charge in [-0.1, -0.05) is 46.9 Å². The Hall–Kier alpha value is -2.44. The molecule has 0 aliphatic carbocycles. The van der Waals surface area contributed by atoms with Crippen molar-refractivity contribution in [1.82, 2.24) is 9.97 Å². The van der Waals surface area contributed by atoms with Crippen molar-refractivity contribution in [1.29, 1.82) is 0 Å². The molecular weight excluding hydrogens is 449 g/mol. The lowest BCUT2D eigenvalue weighted by Crippen LogP contribution is -2.13.